The lowest BCUT2D eigenvalue weighted by molar-refractivity contribution is -0.120. The van der Waals surface area contributed by atoms with E-state index in [-0.39, 0.29) is 17.8 Å². The third-order valence-electron chi connectivity index (χ3n) is 4.50. The molecule has 0 bridgehead atoms. The number of rotatable bonds is 8. The molecule has 0 fully saturated rings. The Morgan fingerprint density at radius 2 is 1.93 bits per heavy atom. The average Bonchev–Trinajstić information content (AvgIpc) is 3.07. The Bertz CT molecular complexity index is 963. The molecular formula is C21H24FN5OS. The van der Waals surface area contributed by atoms with Crippen molar-refractivity contribution in [2.75, 3.05) is 5.84 Å². The van der Waals surface area contributed by atoms with E-state index in [0.29, 0.717) is 16.5 Å². The molecule has 3 N–H and O–H groups in total. The molecule has 3 rings (SSSR count). The molecule has 1 amide bonds. The van der Waals surface area contributed by atoms with Gasteiger partial charge in [0.25, 0.3) is 0 Å². The highest BCUT2D eigenvalue weighted by molar-refractivity contribution is 8.00. The van der Waals surface area contributed by atoms with Gasteiger partial charge in [-0.05, 0) is 44.4 Å². The van der Waals surface area contributed by atoms with Crippen molar-refractivity contribution in [1.29, 1.82) is 0 Å². The second-order valence-electron chi connectivity index (χ2n) is 6.88. The van der Waals surface area contributed by atoms with Gasteiger partial charge in [0.2, 0.25) is 11.1 Å². The molecule has 0 saturated heterocycles. The van der Waals surface area contributed by atoms with Crippen molar-refractivity contribution in [3.63, 3.8) is 0 Å². The molecule has 2 aromatic carbocycles. The summed E-state index contributed by atoms with van der Waals surface area (Å²) >= 11 is 1.21. The Morgan fingerprint density at radius 3 is 2.66 bits per heavy atom. The predicted molar refractivity (Wildman–Crippen MR) is 113 cm³/mol. The number of carbonyl (C=O) groups is 1. The van der Waals surface area contributed by atoms with E-state index in [1.54, 1.807) is 19.1 Å². The van der Waals surface area contributed by atoms with E-state index < -0.39 is 5.25 Å². The molecule has 0 aliphatic heterocycles. The molecule has 1 aromatic heterocycles. The summed E-state index contributed by atoms with van der Waals surface area (Å²) in [6.07, 6.45) is 1.75. The smallest absolute Gasteiger partial charge is 0.233 e. The molecule has 0 radical (unpaired) electrons. The zero-order valence-corrected chi connectivity index (χ0v) is 17.2. The van der Waals surface area contributed by atoms with Crippen molar-refractivity contribution in [2.45, 2.75) is 43.1 Å². The molecule has 3 aromatic rings. The van der Waals surface area contributed by atoms with E-state index >= 15 is 0 Å². The van der Waals surface area contributed by atoms with Crippen LogP contribution in [0.5, 0.6) is 0 Å². The van der Waals surface area contributed by atoms with E-state index in [1.165, 1.54) is 34.1 Å². The zero-order chi connectivity index (χ0) is 20.8. The molecule has 0 aliphatic rings. The quantitative estimate of drug-likeness (QED) is 0.437. The highest BCUT2D eigenvalue weighted by atomic mass is 32.2. The number of amides is 1. The number of aryl methyl sites for hydroxylation is 1. The Balaban J connectivity index is 1.55. The Labute approximate surface area is 173 Å². The van der Waals surface area contributed by atoms with Crippen LogP contribution in [0.2, 0.25) is 0 Å². The summed E-state index contributed by atoms with van der Waals surface area (Å²) in [6.45, 7) is 3.78. The largest absolute Gasteiger partial charge is 0.353 e. The number of nitrogens with two attached hydrogens (primary N) is 1. The lowest BCUT2D eigenvalue weighted by Crippen LogP contribution is -2.38. The van der Waals surface area contributed by atoms with E-state index in [0.717, 1.165) is 12.8 Å². The van der Waals surface area contributed by atoms with E-state index in [4.69, 9.17) is 5.84 Å². The summed E-state index contributed by atoms with van der Waals surface area (Å²) in [5.41, 5.74) is 1.77. The standard InChI is InChI=1S/C21H24FN5OS/c1-14(11-12-16-7-4-3-5-8-16)24-20(28)15(2)29-21-26-25-19(27(21)23)17-9-6-10-18(22)13-17/h3-10,13-15H,11-12,23H2,1-2H3,(H,24,28). The summed E-state index contributed by atoms with van der Waals surface area (Å²) in [5, 5.41) is 11.1. The number of nitrogens with zero attached hydrogens (tertiary/aromatic N) is 3. The van der Waals surface area contributed by atoms with Crippen LogP contribution in [0.25, 0.3) is 11.4 Å². The number of halogens is 1. The first-order chi connectivity index (χ1) is 13.9. The predicted octanol–water partition coefficient (Wildman–Crippen LogP) is 3.42. The van der Waals surface area contributed by atoms with Gasteiger partial charge >= 0.3 is 0 Å². The number of thioether (sulfide) groups is 1. The maximum atomic E-state index is 13.4. The van der Waals surface area contributed by atoms with Crippen molar-refractivity contribution in [1.82, 2.24) is 20.2 Å². The lowest BCUT2D eigenvalue weighted by atomic mass is 10.1. The van der Waals surface area contributed by atoms with Gasteiger partial charge in [0.05, 0.1) is 5.25 Å². The fraction of sp³-hybridized carbons (Fsp3) is 0.286. The van der Waals surface area contributed by atoms with Gasteiger partial charge in [-0.1, -0.05) is 54.2 Å². The summed E-state index contributed by atoms with van der Waals surface area (Å²) in [4.78, 5) is 12.5. The Hall–Kier alpha value is -2.87. The second kappa shape index (κ2) is 9.56. The maximum Gasteiger partial charge on any atom is 0.233 e. The first kappa shape index (κ1) is 20.9. The minimum Gasteiger partial charge on any atom is -0.353 e. The normalized spacial score (nSPS) is 13.1. The fourth-order valence-corrected chi connectivity index (χ4v) is 3.63. The third-order valence-corrected chi connectivity index (χ3v) is 5.55. The van der Waals surface area contributed by atoms with Crippen LogP contribution in [0.1, 0.15) is 25.8 Å². The molecule has 6 nitrogen and oxygen atoms in total. The van der Waals surface area contributed by atoms with Gasteiger partial charge < -0.3 is 11.2 Å². The van der Waals surface area contributed by atoms with Gasteiger partial charge in [0.1, 0.15) is 5.82 Å². The summed E-state index contributed by atoms with van der Waals surface area (Å²) in [6, 6.07) is 16.2. The van der Waals surface area contributed by atoms with Crippen LogP contribution in [-0.2, 0) is 11.2 Å². The van der Waals surface area contributed by atoms with Crippen molar-refractivity contribution in [2.24, 2.45) is 0 Å². The van der Waals surface area contributed by atoms with Gasteiger partial charge in [-0.2, -0.15) is 0 Å². The number of hydrogen-bond donors (Lipinski definition) is 2. The van der Waals surface area contributed by atoms with Crippen LogP contribution in [0.4, 0.5) is 4.39 Å². The van der Waals surface area contributed by atoms with Crippen molar-refractivity contribution in [3.8, 4) is 11.4 Å². The van der Waals surface area contributed by atoms with E-state index in [1.807, 2.05) is 25.1 Å². The molecule has 152 valence electrons. The Kier molecular flexibility index (Phi) is 6.87. The second-order valence-corrected chi connectivity index (χ2v) is 8.19. The number of carbonyl (C=O) groups excluding carboxylic acids is 1. The van der Waals surface area contributed by atoms with Gasteiger partial charge in [0, 0.05) is 11.6 Å². The topological polar surface area (TPSA) is 85.8 Å². The highest BCUT2D eigenvalue weighted by Gasteiger charge is 2.21. The highest BCUT2D eigenvalue weighted by Crippen LogP contribution is 2.25. The van der Waals surface area contributed by atoms with Gasteiger partial charge in [-0.15, -0.1) is 10.2 Å². The van der Waals surface area contributed by atoms with Gasteiger partial charge in [-0.25, -0.2) is 9.07 Å². The number of nitrogen functional groups attached to an aromatic ring is 1. The Morgan fingerprint density at radius 1 is 1.17 bits per heavy atom. The molecule has 29 heavy (non-hydrogen) atoms. The third kappa shape index (κ3) is 5.57. The number of benzene rings is 2. The van der Waals surface area contributed by atoms with Gasteiger partial charge in [-0.3, -0.25) is 4.79 Å². The van der Waals surface area contributed by atoms with E-state index in [9.17, 15) is 9.18 Å². The number of aromatic nitrogens is 3. The van der Waals surface area contributed by atoms with Crippen LogP contribution in [0.3, 0.4) is 0 Å². The average molecular weight is 414 g/mol. The SMILES string of the molecule is CC(CCc1ccccc1)NC(=O)C(C)Sc1nnc(-c2cccc(F)c2)n1N. The summed E-state index contributed by atoms with van der Waals surface area (Å²) in [7, 11) is 0. The van der Waals surface area contributed by atoms with Crippen molar-refractivity contribution >= 4 is 17.7 Å². The molecule has 1 heterocycles. The fourth-order valence-electron chi connectivity index (χ4n) is 2.85. The molecule has 0 spiro atoms. The van der Waals surface area contributed by atoms with Crippen LogP contribution in [0.15, 0.2) is 59.8 Å². The van der Waals surface area contributed by atoms with Gasteiger partial charge in [0.15, 0.2) is 5.82 Å². The molecule has 0 saturated carbocycles. The molecular weight excluding hydrogens is 389 g/mol. The van der Waals surface area contributed by atoms with Crippen LogP contribution in [-0.4, -0.2) is 32.1 Å². The molecule has 8 heteroatoms. The van der Waals surface area contributed by atoms with Crippen LogP contribution in [0, 0.1) is 5.82 Å². The number of nitrogens with one attached hydrogen (secondary N) is 1. The monoisotopic (exact) mass is 413 g/mol. The van der Waals surface area contributed by atoms with Crippen LogP contribution < -0.4 is 11.2 Å². The minimum absolute atomic E-state index is 0.0457. The summed E-state index contributed by atoms with van der Waals surface area (Å²) in [5.74, 6) is 5.94. The van der Waals surface area contributed by atoms with Crippen LogP contribution >= 0.6 is 11.8 Å². The molecule has 2 atom stereocenters. The zero-order valence-electron chi connectivity index (χ0n) is 16.4. The lowest BCUT2D eigenvalue weighted by Gasteiger charge is -2.17. The van der Waals surface area contributed by atoms with E-state index in [2.05, 4.69) is 27.6 Å². The first-order valence-corrected chi connectivity index (χ1v) is 10.3. The number of hydrogen-bond acceptors (Lipinski definition) is 5. The van der Waals surface area contributed by atoms with Crippen molar-refractivity contribution < 1.29 is 9.18 Å². The van der Waals surface area contributed by atoms with Crippen molar-refractivity contribution in [3.05, 3.63) is 66.0 Å². The molecule has 2 unspecified atom stereocenters. The summed E-state index contributed by atoms with van der Waals surface area (Å²) < 4.78 is 14.7. The minimum atomic E-state index is -0.402. The first-order valence-electron chi connectivity index (χ1n) is 9.41. The maximum absolute atomic E-state index is 13.4. The molecule has 0 aliphatic carbocycles.